The molecule has 0 spiro atoms. The van der Waals surface area contributed by atoms with Gasteiger partial charge in [0.25, 0.3) is 5.69 Å². The molecule has 2 aromatic carbocycles. The molecule has 2 heterocycles. The van der Waals surface area contributed by atoms with Crippen LogP contribution in [-0.2, 0) is 14.9 Å². The highest BCUT2D eigenvalue weighted by atomic mass is 16.6. The number of cyclic esters (lactones) is 1. The summed E-state index contributed by atoms with van der Waals surface area (Å²) in [5.74, 6) is 0.307. The van der Waals surface area contributed by atoms with E-state index < -0.39 is 10.9 Å². The Morgan fingerprint density at radius 1 is 1.00 bits per heavy atom. The van der Waals surface area contributed by atoms with E-state index in [9.17, 15) is 14.9 Å². The van der Waals surface area contributed by atoms with E-state index in [1.807, 2.05) is 24.3 Å². The number of para-hydroxylation sites is 1. The first kappa shape index (κ1) is 20.3. The summed E-state index contributed by atoms with van der Waals surface area (Å²) in [6.07, 6.45) is 1.46. The summed E-state index contributed by atoms with van der Waals surface area (Å²) in [7, 11) is 0. The van der Waals surface area contributed by atoms with Crippen LogP contribution in [0, 0.1) is 10.1 Å². The van der Waals surface area contributed by atoms with Crippen LogP contribution in [0.15, 0.2) is 75.8 Å². The van der Waals surface area contributed by atoms with Crippen molar-refractivity contribution in [2.24, 2.45) is 4.99 Å². The molecule has 0 bridgehead atoms. The molecule has 1 aliphatic rings. The minimum absolute atomic E-state index is 0.0164. The number of hydrogen-bond donors (Lipinski definition) is 0. The van der Waals surface area contributed by atoms with Gasteiger partial charge < -0.3 is 9.15 Å². The third-order valence-corrected chi connectivity index (χ3v) is 4.89. The molecule has 1 aliphatic heterocycles. The lowest BCUT2D eigenvalue weighted by atomic mass is 9.87. The maximum Gasteiger partial charge on any atom is 0.363 e. The van der Waals surface area contributed by atoms with E-state index in [4.69, 9.17) is 9.15 Å². The van der Waals surface area contributed by atoms with Crippen molar-refractivity contribution in [3.05, 3.63) is 93.4 Å². The van der Waals surface area contributed by atoms with Gasteiger partial charge in [0.15, 0.2) is 5.70 Å². The van der Waals surface area contributed by atoms with Gasteiger partial charge in [-0.25, -0.2) is 9.79 Å². The number of ether oxygens (including phenoxy) is 1. The summed E-state index contributed by atoms with van der Waals surface area (Å²) in [4.78, 5) is 27.3. The van der Waals surface area contributed by atoms with Crippen molar-refractivity contribution < 1.29 is 18.9 Å². The predicted molar refractivity (Wildman–Crippen MR) is 117 cm³/mol. The second-order valence-corrected chi connectivity index (χ2v) is 8.14. The van der Waals surface area contributed by atoms with E-state index in [0.717, 1.165) is 5.56 Å². The van der Waals surface area contributed by atoms with Crippen LogP contribution >= 0.6 is 0 Å². The molecular weight excluding hydrogens is 396 g/mol. The quantitative estimate of drug-likeness (QED) is 0.242. The Hall–Kier alpha value is -4.00. The zero-order chi connectivity index (χ0) is 22.2. The second kappa shape index (κ2) is 7.68. The molecule has 1 aromatic heterocycles. The first-order valence-corrected chi connectivity index (χ1v) is 9.69. The normalized spacial score (nSPS) is 15.1. The smallest absolute Gasteiger partial charge is 0.363 e. The summed E-state index contributed by atoms with van der Waals surface area (Å²) in [6, 6.07) is 17.2. The summed E-state index contributed by atoms with van der Waals surface area (Å²) < 4.78 is 11.0. The standard InChI is InChI=1S/C24H20N2O5/c1-24(2,3)16-10-8-15(9-11-16)22-25-19(23(27)31-22)14-17-12-13-21(30-17)18-6-4-5-7-20(18)26(28)29/h4-14H,1-3H3. The van der Waals surface area contributed by atoms with Crippen molar-refractivity contribution in [3.8, 4) is 11.3 Å². The summed E-state index contributed by atoms with van der Waals surface area (Å²) in [5.41, 5.74) is 2.27. The average molecular weight is 416 g/mol. The molecule has 3 aromatic rings. The molecule has 0 fully saturated rings. The van der Waals surface area contributed by atoms with Gasteiger partial charge in [-0.3, -0.25) is 10.1 Å². The lowest BCUT2D eigenvalue weighted by Crippen LogP contribution is -2.11. The zero-order valence-electron chi connectivity index (χ0n) is 17.3. The molecule has 4 rings (SSSR count). The van der Waals surface area contributed by atoms with Crippen molar-refractivity contribution in [1.29, 1.82) is 0 Å². The van der Waals surface area contributed by atoms with Crippen molar-refractivity contribution in [3.63, 3.8) is 0 Å². The number of benzene rings is 2. The monoisotopic (exact) mass is 416 g/mol. The van der Waals surface area contributed by atoms with Crippen molar-refractivity contribution >= 4 is 23.6 Å². The Bertz CT molecular complexity index is 1230. The Kier molecular flexibility index (Phi) is 5.02. The molecule has 0 aliphatic carbocycles. The minimum Gasteiger partial charge on any atom is -0.456 e. The third-order valence-electron chi connectivity index (χ3n) is 4.89. The fourth-order valence-electron chi connectivity index (χ4n) is 3.20. The van der Waals surface area contributed by atoms with E-state index in [1.165, 1.54) is 12.1 Å². The highest BCUT2D eigenvalue weighted by Crippen LogP contribution is 2.32. The molecule has 0 saturated heterocycles. The first-order chi connectivity index (χ1) is 14.7. The summed E-state index contributed by atoms with van der Waals surface area (Å²) in [5, 5.41) is 11.2. The number of carbonyl (C=O) groups excluding carboxylic acids is 1. The van der Waals surface area contributed by atoms with Crippen LogP contribution in [0.25, 0.3) is 17.4 Å². The number of hydrogen-bond acceptors (Lipinski definition) is 6. The van der Waals surface area contributed by atoms with Gasteiger partial charge in [0.2, 0.25) is 5.90 Å². The summed E-state index contributed by atoms with van der Waals surface area (Å²) in [6.45, 7) is 6.37. The van der Waals surface area contributed by atoms with Gasteiger partial charge in [0, 0.05) is 17.7 Å². The number of rotatable bonds is 4. The summed E-state index contributed by atoms with van der Waals surface area (Å²) >= 11 is 0. The van der Waals surface area contributed by atoms with E-state index in [0.29, 0.717) is 22.6 Å². The lowest BCUT2D eigenvalue weighted by Gasteiger charge is -2.18. The van der Waals surface area contributed by atoms with Crippen molar-refractivity contribution in [1.82, 2.24) is 0 Å². The van der Waals surface area contributed by atoms with Crippen LogP contribution < -0.4 is 0 Å². The Morgan fingerprint density at radius 3 is 2.39 bits per heavy atom. The molecule has 0 atom stereocenters. The topological polar surface area (TPSA) is 94.9 Å². The SMILES string of the molecule is CC(C)(C)c1ccc(C2=NC(=Cc3ccc(-c4ccccc4[N+](=O)[O-])o3)C(=O)O2)cc1. The van der Waals surface area contributed by atoms with E-state index >= 15 is 0 Å². The van der Waals surface area contributed by atoms with Gasteiger partial charge in [0.1, 0.15) is 11.5 Å². The van der Waals surface area contributed by atoms with Crippen LogP contribution in [-0.4, -0.2) is 16.8 Å². The van der Waals surface area contributed by atoms with Crippen molar-refractivity contribution in [2.75, 3.05) is 0 Å². The largest absolute Gasteiger partial charge is 0.456 e. The van der Waals surface area contributed by atoms with E-state index in [1.54, 1.807) is 30.3 Å². The molecule has 31 heavy (non-hydrogen) atoms. The van der Waals surface area contributed by atoms with Crippen LogP contribution in [0.5, 0.6) is 0 Å². The number of furan rings is 1. The molecule has 0 unspecified atom stereocenters. The molecule has 7 heteroatoms. The van der Waals surface area contributed by atoms with Crippen LogP contribution in [0.4, 0.5) is 5.69 Å². The van der Waals surface area contributed by atoms with Gasteiger partial charge in [-0.15, -0.1) is 0 Å². The highest BCUT2D eigenvalue weighted by Gasteiger charge is 2.25. The maximum atomic E-state index is 12.3. The maximum absolute atomic E-state index is 12.3. The Balaban J connectivity index is 1.61. The molecule has 0 saturated carbocycles. The van der Waals surface area contributed by atoms with Crippen LogP contribution in [0.3, 0.4) is 0 Å². The predicted octanol–water partition coefficient (Wildman–Crippen LogP) is 5.50. The van der Waals surface area contributed by atoms with Gasteiger partial charge in [-0.05, 0) is 41.3 Å². The molecule has 0 radical (unpaired) electrons. The number of nitro benzene ring substituents is 1. The Morgan fingerprint density at radius 2 is 1.71 bits per heavy atom. The van der Waals surface area contributed by atoms with Crippen LogP contribution in [0.2, 0.25) is 0 Å². The fourth-order valence-corrected chi connectivity index (χ4v) is 3.20. The fraction of sp³-hybridized carbons (Fsp3) is 0.167. The number of nitrogens with zero attached hydrogens (tertiary/aromatic N) is 2. The number of nitro groups is 1. The van der Waals surface area contributed by atoms with E-state index in [2.05, 4.69) is 25.8 Å². The molecule has 156 valence electrons. The van der Waals surface area contributed by atoms with Gasteiger partial charge >= 0.3 is 5.97 Å². The highest BCUT2D eigenvalue weighted by molar-refractivity contribution is 6.12. The zero-order valence-corrected chi connectivity index (χ0v) is 17.3. The minimum atomic E-state index is -0.585. The van der Waals surface area contributed by atoms with Gasteiger partial charge in [-0.2, -0.15) is 0 Å². The number of aliphatic imine (C=N–C) groups is 1. The third kappa shape index (κ3) is 4.16. The number of esters is 1. The van der Waals surface area contributed by atoms with Gasteiger partial charge in [-0.1, -0.05) is 45.0 Å². The Labute approximate surface area is 178 Å². The van der Waals surface area contributed by atoms with Crippen LogP contribution in [0.1, 0.15) is 37.7 Å². The lowest BCUT2D eigenvalue weighted by molar-refractivity contribution is -0.384. The second-order valence-electron chi connectivity index (χ2n) is 8.14. The molecule has 7 nitrogen and oxygen atoms in total. The molecule has 0 N–H and O–H groups in total. The number of carbonyl (C=O) groups is 1. The van der Waals surface area contributed by atoms with Gasteiger partial charge in [0.05, 0.1) is 10.5 Å². The first-order valence-electron chi connectivity index (χ1n) is 9.69. The van der Waals surface area contributed by atoms with Crippen molar-refractivity contribution in [2.45, 2.75) is 26.2 Å². The molecule has 0 amide bonds. The average Bonchev–Trinajstić information content (AvgIpc) is 3.35. The molecular formula is C24H20N2O5. The van der Waals surface area contributed by atoms with E-state index in [-0.39, 0.29) is 22.7 Å².